The van der Waals surface area contributed by atoms with E-state index < -0.39 is 5.84 Å². The van der Waals surface area contributed by atoms with E-state index in [1.807, 2.05) is 13.8 Å². The highest BCUT2D eigenvalue weighted by atomic mass is 16.1. The SMILES string of the molecule is CCCNC(=O)c1ccc(N/N=C(\C#N)C(=N)N)c(C)c1. The smallest absolute Gasteiger partial charge is 0.251 e. The number of carbonyl (C=O) groups excluding carboxylic acids is 1. The Labute approximate surface area is 123 Å². The largest absolute Gasteiger partial charge is 0.382 e. The number of nitrogens with one attached hydrogen (secondary N) is 3. The van der Waals surface area contributed by atoms with Gasteiger partial charge in [-0.25, -0.2) is 0 Å². The molecule has 0 unspecified atom stereocenters. The minimum Gasteiger partial charge on any atom is -0.382 e. The molecular formula is C14H18N6O. The van der Waals surface area contributed by atoms with Crippen molar-refractivity contribution in [1.29, 1.82) is 10.7 Å². The molecule has 0 saturated heterocycles. The molecule has 0 heterocycles. The third-order valence-electron chi connectivity index (χ3n) is 2.67. The fourth-order valence-corrected chi connectivity index (χ4v) is 1.53. The number of nitriles is 1. The number of hydrazone groups is 1. The Balaban J connectivity index is 2.87. The molecule has 0 aliphatic heterocycles. The van der Waals surface area contributed by atoms with Gasteiger partial charge in [0.15, 0.2) is 5.84 Å². The second-order valence-corrected chi connectivity index (χ2v) is 4.38. The zero-order chi connectivity index (χ0) is 15.8. The molecule has 0 fully saturated rings. The standard InChI is InChI=1S/C14H18N6O/c1-3-6-18-14(21)10-4-5-11(9(2)7-10)19-20-12(8-15)13(16)17/h4-5,7,19H,3,6H2,1-2H3,(H3,16,17)(H,18,21)/b20-12+. The lowest BCUT2D eigenvalue weighted by molar-refractivity contribution is 0.0953. The Kier molecular flexibility index (Phi) is 5.89. The molecular weight excluding hydrogens is 268 g/mol. The van der Waals surface area contributed by atoms with E-state index in [2.05, 4.69) is 15.8 Å². The van der Waals surface area contributed by atoms with Gasteiger partial charge >= 0.3 is 0 Å². The van der Waals surface area contributed by atoms with Gasteiger partial charge in [-0.15, -0.1) is 0 Å². The summed E-state index contributed by atoms with van der Waals surface area (Å²) >= 11 is 0. The molecule has 1 aromatic carbocycles. The predicted molar refractivity (Wildman–Crippen MR) is 82.4 cm³/mol. The molecule has 1 rings (SSSR count). The average Bonchev–Trinajstić information content (AvgIpc) is 2.46. The molecule has 0 saturated carbocycles. The van der Waals surface area contributed by atoms with Crippen LogP contribution in [-0.4, -0.2) is 24.0 Å². The van der Waals surface area contributed by atoms with E-state index in [-0.39, 0.29) is 11.6 Å². The number of nitrogens with zero attached hydrogens (tertiary/aromatic N) is 2. The number of rotatable bonds is 6. The fraction of sp³-hybridized carbons (Fsp3) is 0.286. The van der Waals surface area contributed by atoms with Crippen molar-refractivity contribution in [2.45, 2.75) is 20.3 Å². The van der Waals surface area contributed by atoms with Crippen LogP contribution >= 0.6 is 0 Å². The van der Waals surface area contributed by atoms with Crippen LogP contribution in [0.2, 0.25) is 0 Å². The van der Waals surface area contributed by atoms with Gasteiger partial charge < -0.3 is 11.1 Å². The monoisotopic (exact) mass is 286 g/mol. The molecule has 1 amide bonds. The summed E-state index contributed by atoms with van der Waals surface area (Å²) in [7, 11) is 0. The van der Waals surface area contributed by atoms with Crippen molar-refractivity contribution in [3.05, 3.63) is 29.3 Å². The van der Waals surface area contributed by atoms with E-state index in [4.69, 9.17) is 16.4 Å². The van der Waals surface area contributed by atoms with Crippen LogP contribution in [0.4, 0.5) is 5.69 Å². The minimum absolute atomic E-state index is 0.128. The van der Waals surface area contributed by atoms with Gasteiger partial charge in [-0.1, -0.05) is 6.92 Å². The molecule has 21 heavy (non-hydrogen) atoms. The zero-order valence-corrected chi connectivity index (χ0v) is 12.0. The Hall–Kier alpha value is -2.88. The molecule has 0 aromatic heterocycles. The molecule has 0 radical (unpaired) electrons. The first kappa shape index (κ1) is 16.2. The third-order valence-corrected chi connectivity index (χ3v) is 2.67. The summed E-state index contributed by atoms with van der Waals surface area (Å²) in [5, 5.41) is 22.5. The van der Waals surface area contributed by atoms with Crippen LogP contribution in [0.1, 0.15) is 29.3 Å². The van der Waals surface area contributed by atoms with Crippen molar-refractivity contribution < 1.29 is 4.79 Å². The molecule has 5 N–H and O–H groups in total. The summed E-state index contributed by atoms with van der Waals surface area (Å²) in [6, 6.07) is 6.79. The fourth-order valence-electron chi connectivity index (χ4n) is 1.53. The molecule has 7 nitrogen and oxygen atoms in total. The van der Waals surface area contributed by atoms with Crippen molar-refractivity contribution in [1.82, 2.24) is 5.32 Å². The maximum Gasteiger partial charge on any atom is 0.251 e. The van der Waals surface area contributed by atoms with Crippen molar-refractivity contribution in [3.63, 3.8) is 0 Å². The zero-order valence-electron chi connectivity index (χ0n) is 12.0. The summed E-state index contributed by atoms with van der Waals surface area (Å²) in [5.41, 5.74) is 9.66. The van der Waals surface area contributed by atoms with E-state index in [0.717, 1.165) is 12.0 Å². The normalized spacial score (nSPS) is 10.6. The molecule has 0 bridgehead atoms. The highest BCUT2D eigenvalue weighted by Crippen LogP contribution is 2.16. The molecule has 0 atom stereocenters. The number of aryl methyl sites for hydroxylation is 1. The number of hydrogen-bond donors (Lipinski definition) is 4. The summed E-state index contributed by atoms with van der Waals surface area (Å²) in [4.78, 5) is 11.8. The first-order valence-corrected chi connectivity index (χ1v) is 6.46. The van der Waals surface area contributed by atoms with Gasteiger partial charge in [-0.2, -0.15) is 10.4 Å². The van der Waals surface area contributed by atoms with E-state index >= 15 is 0 Å². The van der Waals surface area contributed by atoms with Crippen LogP contribution in [0.5, 0.6) is 0 Å². The van der Waals surface area contributed by atoms with Gasteiger partial charge in [0.1, 0.15) is 6.07 Å². The Bertz CT molecular complexity index is 614. The van der Waals surface area contributed by atoms with Gasteiger partial charge in [0, 0.05) is 12.1 Å². The van der Waals surface area contributed by atoms with Crippen LogP contribution in [0.15, 0.2) is 23.3 Å². The predicted octanol–water partition coefficient (Wildman–Crippen LogP) is 1.36. The van der Waals surface area contributed by atoms with Crippen molar-refractivity contribution >= 4 is 23.1 Å². The van der Waals surface area contributed by atoms with Gasteiger partial charge in [0.25, 0.3) is 5.91 Å². The van der Waals surface area contributed by atoms with Crippen LogP contribution in [-0.2, 0) is 0 Å². The van der Waals surface area contributed by atoms with Gasteiger partial charge in [0.05, 0.1) is 5.69 Å². The van der Waals surface area contributed by atoms with Crippen molar-refractivity contribution in [2.24, 2.45) is 10.8 Å². The van der Waals surface area contributed by atoms with E-state index in [1.165, 1.54) is 0 Å². The maximum absolute atomic E-state index is 11.8. The van der Waals surface area contributed by atoms with Crippen LogP contribution in [0, 0.1) is 23.7 Å². The number of anilines is 1. The highest BCUT2D eigenvalue weighted by Gasteiger charge is 2.07. The third kappa shape index (κ3) is 4.62. The van der Waals surface area contributed by atoms with Crippen molar-refractivity contribution in [3.8, 4) is 6.07 Å². The number of nitrogens with two attached hydrogens (primary N) is 1. The quantitative estimate of drug-likeness (QED) is 0.357. The van der Waals surface area contributed by atoms with Crippen LogP contribution in [0.3, 0.4) is 0 Å². The average molecular weight is 286 g/mol. The Morgan fingerprint density at radius 3 is 2.76 bits per heavy atom. The van der Waals surface area contributed by atoms with Gasteiger partial charge in [-0.05, 0) is 37.1 Å². The van der Waals surface area contributed by atoms with Crippen molar-refractivity contribution in [2.75, 3.05) is 12.0 Å². The molecule has 110 valence electrons. The van der Waals surface area contributed by atoms with Gasteiger partial charge in [0.2, 0.25) is 5.71 Å². The highest BCUT2D eigenvalue weighted by molar-refractivity contribution is 6.45. The Morgan fingerprint density at radius 1 is 1.52 bits per heavy atom. The molecule has 0 aliphatic rings. The molecule has 7 heteroatoms. The van der Waals surface area contributed by atoms with Gasteiger partial charge in [-0.3, -0.25) is 15.6 Å². The first-order chi connectivity index (χ1) is 9.99. The number of benzene rings is 1. The second kappa shape index (κ2) is 7.65. The Morgan fingerprint density at radius 2 is 2.24 bits per heavy atom. The number of carbonyl (C=O) groups is 1. The summed E-state index contributed by atoms with van der Waals surface area (Å²) in [6.45, 7) is 4.43. The minimum atomic E-state index is -0.404. The summed E-state index contributed by atoms with van der Waals surface area (Å²) < 4.78 is 0. The molecule has 1 aromatic rings. The van der Waals surface area contributed by atoms with Crippen LogP contribution in [0.25, 0.3) is 0 Å². The lowest BCUT2D eigenvalue weighted by Crippen LogP contribution is -2.24. The summed E-state index contributed by atoms with van der Waals surface area (Å²) in [5.74, 6) is -0.533. The second-order valence-electron chi connectivity index (χ2n) is 4.38. The lowest BCUT2D eigenvalue weighted by Gasteiger charge is -2.08. The first-order valence-electron chi connectivity index (χ1n) is 6.46. The van der Waals surface area contributed by atoms with E-state index in [0.29, 0.717) is 17.8 Å². The topological polar surface area (TPSA) is 127 Å². The number of amides is 1. The van der Waals surface area contributed by atoms with E-state index in [1.54, 1.807) is 24.3 Å². The lowest BCUT2D eigenvalue weighted by atomic mass is 10.1. The maximum atomic E-state index is 11.8. The molecule has 0 aliphatic carbocycles. The number of hydrogen-bond acceptors (Lipinski definition) is 5. The van der Waals surface area contributed by atoms with E-state index in [9.17, 15) is 4.79 Å². The molecule has 0 spiro atoms. The summed E-state index contributed by atoms with van der Waals surface area (Å²) in [6.07, 6.45) is 0.876. The number of amidine groups is 1. The van der Waals surface area contributed by atoms with Crippen LogP contribution < -0.4 is 16.5 Å².